The van der Waals surface area contributed by atoms with Crippen LogP contribution in [0, 0.1) is 24.7 Å². The van der Waals surface area contributed by atoms with Gasteiger partial charge in [-0.3, -0.25) is 14.4 Å². The Morgan fingerprint density at radius 1 is 1.10 bits per heavy atom. The third-order valence-corrected chi connectivity index (χ3v) is 5.97. The number of anilines is 1. The number of Topliss-reactive ketones (excluding diaryl/α,β-unsaturated/α-hetero) is 1. The first-order chi connectivity index (χ1) is 14.4. The normalized spacial score (nSPS) is 24.0. The average molecular weight is 403 g/mol. The highest BCUT2D eigenvalue weighted by Gasteiger charge is 2.50. The number of nitrogens with zero attached hydrogens (tertiary/aromatic N) is 1. The van der Waals surface area contributed by atoms with Gasteiger partial charge < -0.3 is 4.74 Å². The molecule has 154 valence electrons. The molecule has 2 aliphatic rings. The number of rotatable bonds is 5. The molecule has 0 bridgehead atoms. The molecular weight excluding hydrogens is 378 g/mol. The van der Waals surface area contributed by atoms with Gasteiger partial charge >= 0.3 is 0 Å². The number of amides is 2. The van der Waals surface area contributed by atoms with E-state index in [-0.39, 0.29) is 35.4 Å². The summed E-state index contributed by atoms with van der Waals surface area (Å²) in [5.74, 6) is -0.582. The van der Waals surface area contributed by atoms with Crippen LogP contribution in [-0.2, 0) is 9.59 Å². The number of ketones is 1. The van der Waals surface area contributed by atoms with Crippen LogP contribution >= 0.6 is 0 Å². The molecule has 1 fully saturated rings. The summed E-state index contributed by atoms with van der Waals surface area (Å²) >= 11 is 0. The van der Waals surface area contributed by atoms with Crippen LogP contribution in [-0.4, -0.2) is 23.7 Å². The van der Waals surface area contributed by atoms with E-state index in [1.807, 2.05) is 38.1 Å². The van der Waals surface area contributed by atoms with Crippen molar-refractivity contribution in [1.29, 1.82) is 0 Å². The number of ether oxygens (including phenoxy) is 1. The van der Waals surface area contributed by atoms with Crippen molar-refractivity contribution in [3.05, 3.63) is 71.8 Å². The van der Waals surface area contributed by atoms with E-state index in [9.17, 15) is 14.4 Å². The Hall–Kier alpha value is -3.21. The van der Waals surface area contributed by atoms with Crippen LogP contribution in [0.2, 0.25) is 0 Å². The first-order valence-corrected chi connectivity index (χ1v) is 10.3. The molecule has 5 nitrogen and oxygen atoms in total. The number of fused-ring (bicyclic) bond motifs is 1. The van der Waals surface area contributed by atoms with Crippen molar-refractivity contribution in [3.8, 4) is 5.75 Å². The van der Waals surface area contributed by atoms with Gasteiger partial charge in [0.1, 0.15) is 5.75 Å². The minimum Gasteiger partial charge on any atom is -0.482 e. The Kier molecular flexibility index (Phi) is 5.29. The van der Waals surface area contributed by atoms with Crippen molar-refractivity contribution in [2.75, 3.05) is 4.90 Å². The third kappa shape index (κ3) is 3.56. The maximum atomic E-state index is 13.0. The maximum Gasteiger partial charge on any atom is 0.238 e. The van der Waals surface area contributed by atoms with Crippen LogP contribution in [0.4, 0.5) is 5.69 Å². The van der Waals surface area contributed by atoms with Crippen molar-refractivity contribution in [3.63, 3.8) is 0 Å². The maximum absolute atomic E-state index is 13.0. The molecule has 1 aliphatic heterocycles. The molecule has 2 aromatic carbocycles. The number of hydrogen-bond donors (Lipinski definition) is 0. The van der Waals surface area contributed by atoms with Crippen molar-refractivity contribution in [2.24, 2.45) is 17.8 Å². The molecule has 0 spiro atoms. The topological polar surface area (TPSA) is 63.7 Å². The number of allylic oxidation sites excluding steroid dienone is 2. The van der Waals surface area contributed by atoms with Crippen LogP contribution in [0.1, 0.15) is 36.2 Å². The quantitative estimate of drug-likeness (QED) is 0.423. The molecule has 2 amide bonds. The number of carbonyl (C=O) groups is 3. The van der Waals surface area contributed by atoms with Gasteiger partial charge in [-0.05, 0) is 38.3 Å². The molecule has 0 radical (unpaired) electrons. The summed E-state index contributed by atoms with van der Waals surface area (Å²) in [6, 6.07) is 14.2. The standard InChI is InChI=1S/C25H25NO4/c1-15-10-12-18(13-11-15)23(27)17(3)30-20-8-5-7-19(14-20)26-24(28)21-9-4-6-16(2)22(21)25(26)29/h4-8,10-14,16-17,21-22H,9H2,1-3H3/t16-,17-,21+,22+/m0/s1. The molecule has 1 heterocycles. The fourth-order valence-corrected chi connectivity index (χ4v) is 4.31. The second-order valence-corrected chi connectivity index (χ2v) is 8.15. The Labute approximate surface area is 176 Å². The van der Waals surface area contributed by atoms with Crippen molar-refractivity contribution < 1.29 is 19.1 Å². The first-order valence-electron chi connectivity index (χ1n) is 10.3. The molecule has 0 aromatic heterocycles. The second kappa shape index (κ2) is 7.90. The fraction of sp³-hybridized carbons (Fsp3) is 0.320. The molecule has 2 aromatic rings. The number of aryl methyl sites for hydroxylation is 1. The summed E-state index contributed by atoms with van der Waals surface area (Å²) in [5.41, 5.74) is 2.15. The predicted octanol–water partition coefficient (Wildman–Crippen LogP) is 4.35. The van der Waals surface area contributed by atoms with Gasteiger partial charge in [0.15, 0.2) is 6.10 Å². The summed E-state index contributed by atoms with van der Waals surface area (Å²) in [7, 11) is 0. The van der Waals surface area contributed by atoms with E-state index in [2.05, 4.69) is 0 Å². The summed E-state index contributed by atoms with van der Waals surface area (Å²) in [6.07, 6.45) is 3.89. The zero-order valence-corrected chi connectivity index (χ0v) is 17.4. The highest BCUT2D eigenvalue weighted by Crippen LogP contribution is 2.41. The summed E-state index contributed by atoms with van der Waals surface area (Å²) in [6.45, 7) is 5.64. The van der Waals surface area contributed by atoms with E-state index in [1.54, 1.807) is 43.3 Å². The van der Waals surface area contributed by atoms with Gasteiger partial charge in [0.2, 0.25) is 17.6 Å². The van der Waals surface area contributed by atoms with E-state index < -0.39 is 6.10 Å². The molecular formula is C25H25NO4. The highest BCUT2D eigenvalue weighted by molar-refractivity contribution is 6.22. The lowest BCUT2D eigenvalue weighted by Gasteiger charge is -2.22. The monoisotopic (exact) mass is 403 g/mol. The van der Waals surface area contributed by atoms with Crippen LogP contribution < -0.4 is 9.64 Å². The molecule has 0 N–H and O–H groups in total. The number of carbonyl (C=O) groups excluding carboxylic acids is 3. The summed E-state index contributed by atoms with van der Waals surface area (Å²) in [4.78, 5) is 39.9. The van der Waals surface area contributed by atoms with Crippen molar-refractivity contribution >= 4 is 23.3 Å². The third-order valence-electron chi connectivity index (χ3n) is 5.97. The first kappa shape index (κ1) is 20.1. The van der Waals surface area contributed by atoms with E-state index in [0.717, 1.165) is 5.56 Å². The molecule has 30 heavy (non-hydrogen) atoms. The van der Waals surface area contributed by atoms with Crippen LogP contribution in [0.5, 0.6) is 5.75 Å². The van der Waals surface area contributed by atoms with Crippen molar-refractivity contribution in [1.82, 2.24) is 0 Å². The molecule has 4 rings (SSSR count). The Morgan fingerprint density at radius 2 is 1.83 bits per heavy atom. The van der Waals surface area contributed by atoms with E-state index in [0.29, 0.717) is 23.4 Å². The van der Waals surface area contributed by atoms with Crippen molar-refractivity contribution in [2.45, 2.75) is 33.3 Å². The fourth-order valence-electron chi connectivity index (χ4n) is 4.31. The summed E-state index contributed by atoms with van der Waals surface area (Å²) < 4.78 is 5.86. The highest BCUT2D eigenvalue weighted by atomic mass is 16.5. The minimum atomic E-state index is -0.695. The van der Waals surface area contributed by atoms with Gasteiger partial charge in [0.05, 0.1) is 17.5 Å². The zero-order chi connectivity index (χ0) is 21.4. The molecule has 1 saturated heterocycles. The second-order valence-electron chi connectivity index (χ2n) is 8.15. The predicted molar refractivity (Wildman–Crippen MR) is 114 cm³/mol. The lowest BCUT2D eigenvalue weighted by atomic mass is 9.78. The Bertz CT molecular complexity index is 1020. The van der Waals surface area contributed by atoms with Gasteiger partial charge in [0.25, 0.3) is 0 Å². The van der Waals surface area contributed by atoms with Crippen LogP contribution in [0.15, 0.2) is 60.7 Å². The van der Waals surface area contributed by atoms with Gasteiger partial charge in [0, 0.05) is 11.6 Å². The largest absolute Gasteiger partial charge is 0.482 e. The lowest BCUT2D eigenvalue weighted by Crippen LogP contribution is -2.31. The Morgan fingerprint density at radius 3 is 2.53 bits per heavy atom. The smallest absolute Gasteiger partial charge is 0.238 e. The zero-order valence-electron chi connectivity index (χ0n) is 17.4. The molecule has 5 heteroatoms. The molecule has 4 atom stereocenters. The Balaban J connectivity index is 1.53. The number of hydrogen-bond acceptors (Lipinski definition) is 4. The van der Waals surface area contributed by atoms with E-state index in [4.69, 9.17) is 4.74 Å². The van der Waals surface area contributed by atoms with E-state index >= 15 is 0 Å². The number of benzene rings is 2. The summed E-state index contributed by atoms with van der Waals surface area (Å²) in [5, 5.41) is 0. The molecule has 0 saturated carbocycles. The van der Waals surface area contributed by atoms with Gasteiger partial charge in [-0.15, -0.1) is 0 Å². The number of imide groups is 1. The van der Waals surface area contributed by atoms with E-state index in [1.165, 1.54) is 4.90 Å². The lowest BCUT2D eigenvalue weighted by molar-refractivity contribution is -0.122. The molecule has 0 unspecified atom stereocenters. The minimum absolute atomic E-state index is 0.0387. The SMILES string of the molecule is Cc1ccc(C(=O)[C@H](C)Oc2cccc(N3C(=O)[C@@H]4[C@@H](C)C=CC[C@H]4C3=O)c2)cc1. The van der Waals surface area contributed by atoms with Crippen LogP contribution in [0.25, 0.3) is 0 Å². The van der Waals surface area contributed by atoms with Gasteiger partial charge in [-0.25, -0.2) is 4.90 Å². The molecule has 1 aliphatic carbocycles. The van der Waals surface area contributed by atoms with Gasteiger partial charge in [-0.2, -0.15) is 0 Å². The van der Waals surface area contributed by atoms with Gasteiger partial charge in [-0.1, -0.05) is 55.0 Å². The van der Waals surface area contributed by atoms with Crippen LogP contribution in [0.3, 0.4) is 0 Å². The average Bonchev–Trinajstić information content (AvgIpc) is 2.99.